The van der Waals surface area contributed by atoms with Gasteiger partial charge in [-0.05, 0) is 48.2 Å². The lowest BCUT2D eigenvalue weighted by Crippen LogP contribution is -2.40. The number of nitrogens with zero attached hydrogens (tertiary/aromatic N) is 1. The third-order valence-corrected chi connectivity index (χ3v) is 5.08. The molecule has 6 nitrogen and oxygen atoms in total. The molecule has 156 valence electrons. The van der Waals surface area contributed by atoms with Crippen LogP contribution in [-0.2, 0) is 16.8 Å². The third-order valence-electron chi connectivity index (χ3n) is 4.85. The number of ether oxygens (including phenoxy) is 1. The molecule has 0 aliphatic heterocycles. The molecule has 1 fully saturated rings. The molecule has 0 radical (unpaired) electrons. The van der Waals surface area contributed by atoms with Crippen LogP contribution in [0, 0.1) is 0 Å². The number of rotatable bonds is 8. The smallest absolute Gasteiger partial charge is 0.255 e. The van der Waals surface area contributed by atoms with Crippen LogP contribution in [0.25, 0.3) is 0 Å². The number of guanidine groups is 1. The highest BCUT2D eigenvalue weighted by Crippen LogP contribution is 2.48. The Kier molecular flexibility index (Phi) is 8.58. The van der Waals surface area contributed by atoms with Gasteiger partial charge in [0.25, 0.3) is 5.91 Å². The number of aliphatic imine (C=N–C) groups is 1. The Bertz CT molecular complexity index is 871. The summed E-state index contributed by atoms with van der Waals surface area (Å²) in [5, 5.41) is 7.49. The van der Waals surface area contributed by atoms with E-state index in [0.717, 1.165) is 35.9 Å². The summed E-state index contributed by atoms with van der Waals surface area (Å²) in [5.41, 5.74) is 7.52. The van der Waals surface area contributed by atoms with Crippen molar-refractivity contribution in [3.63, 3.8) is 0 Å². The molecule has 1 amide bonds. The van der Waals surface area contributed by atoms with Crippen LogP contribution in [0.5, 0.6) is 5.75 Å². The van der Waals surface area contributed by atoms with Crippen molar-refractivity contribution in [2.24, 2.45) is 10.7 Å². The molecule has 0 atom stereocenters. The van der Waals surface area contributed by atoms with Crippen LogP contribution in [0.3, 0.4) is 0 Å². The molecule has 0 bridgehead atoms. The largest absolute Gasteiger partial charge is 0.484 e. The van der Waals surface area contributed by atoms with Gasteiger partial charge in [0.15, 0.2) is 12.6 Å². The number of benzene rings is 2. The van der Waals surface area contributed by atoms with E-state index in [4.69, 9.17) is 22.1 Å². The van der Waals surface area contributed by atoms with Crippen molar-refractivity contribution in [1.82, 2.24) is 10.6 Å². The molecule has 1 saturated carbocycles. The number of nitrogens with one attached hydrogen (secondary N) is 2. The average Bonchev–Trinajstić information content (AvgIpc) is 3.48. The Balaban J connectivity index is 0.00000300. The second-order valence-corrected chi connectivity index (χ2v) is 7.41. The minimum atomic E-state index is -0.498. The number of halogens is 2. The summed E-state index contributed by atoms with van der Waals surface area (Å²) >= 11 is 6.15. The van der Waals surface area contributed by atoms with Crippen LogP contribution in [0.4, 0.5) is 0 Å². The van der Waals surface area contributed by atoms with E-state index < -0.39 is 5.91 Å². The first-order valence-corrected chi connectivity index (χ1v) is 9.59. The van der Waals surface area contributed by atoms with Gasteiger partial charge in [0.2, 0.25) is 0 Å². The molecular formula is C21H26ClIN4O2. The zero-order valence-corrected chi connectivity index (χ0v) is 19.4. The fourth-order valence-electron chi connectivity index (χ4n) is 3.10. The summed E-state index contributed by atoms with van der Waals surface area (Å²) in [5.74, 6) is 0.845. The molecule has 29 heavy (non-hydrogen) atoms. The molecule has 0 saturated heterocycles. The van der Waals surface area contributed by atoms with Crippen molar-refractivity contribution < 1.29 is 9.53 Å². The molecular weight excluding hydrogens is 503 g/mol. The minimum Gasteiger partial charge on any atom is -0.484 e. The number of amides is 1. The highest BCUT2D eigenvalue weighted by Gasteiger charge is 2.44. The van der Waals surface area contributed by atoms with Crippen molar-refractivity contribution in [2.45, 2.75) is 24.8 Å². The van der Waals surface area contributed by atoms with Crippen molar-refractivity contribution in [3.05, 3.63) is 64.7 Å². The van der Waals surface area contributed by atoms with E-state index in [0.29, 0.717) is 12.3 Å². The Morgan fingerprint density at radius 1 is 1.21 bits per heavy atom. The summed E-state index contributed by atoms with van der Waals surface area (Å²) in [7, 11) is 1.75. The van der Waals surface area contributed by atoms with Crippen LogP contribution in [0.15, 0.2) is 53.5 Å². The van der Waals surface area contributed by atoms with Gasteiger partial charge in [0, 0.05) is 30.6 Å². The first-order chi connectivity index (χ1) is 13.5. The van der Waals surface area contributed by atoms with Gasteiger partial charge in [-0.15, -0.1) is 24.0 Å². The normalized spacial score (nSPS) is 14.5. The van der Waals surface area contributed by atoms with Gasteiger partial charge in [-0.3, -0.25) is 9.79 Å². The number of nitrogens with two attached hydrogens (primary N) is 1. The summed E-state index contributed by atoms with van der Waals surface area (Å²) in [6.07, 6.45) is 2.27. The van der Waals surface area contributed by atoms with Gasteiger partial charge in [-0.25, -0.2) is 0 Å². The van der Waals surface area contributed by atoms with Gasteiger partial charge in [0.05, 0.1) is 0 Å². The molecule has 3 rings (SSSR count). The van der Waals surface area contributed by atoms with Crippen LogP contribution < -0.4 is 21.1 Å². The lowest BCUT2D eigenvalue weighted by atomic mass is 9.96. The molecule has 0 heterocycles. The predicted octanol–water partition coefficient (Wildman–Crippen LogP) is 3.22. The standard InChI is InChI=1S/C21H25ClN4O2.HI/c1-24-20(25-12-15-4-2-7-18(10-15)28-13-19(23)27)26-14-21(8-9-21)16-5-3-6-17(22)11-16;/h2-7,10-11H,8-9,12-14H2,1H3,(H2,23,27)(H2,24,25,26);1H. The second-order valence-electron chi connectivity index (χ2n) is 6.97. The summed E-state index contributed by atoms with van der Waals surface area (Å²) in [6.45, 7) is 1.25. The maximum atomic E-state index is 10.8. The molecule has 8 heteroatoms. The highest BCUT2D eigenvalue weighted by molar-refractivity contribution is 14.0. The van der Waals surface area contributed by atoms with Crippen LogP contribution in [0.2, 0.25) is 5.02 Å². The van der Waals surface area contributed by atoms with Crippen LogP contribution in [0.1, 0.15) is 24.0 Å². The van der Waals surface area contributed by atoms with E-state index in [9.17, 15) is 4.79 Å². The number of hydrogen-bond acceptors (Lipinski definition) is 3. The third kappa shape index (κ3) is 6.78. The van der Waals surface area contributed by atoms with E-state index >= 15 is 0 Å². The number of carbonyl (C=O) groups is 1. The Morgan fingerprint density at radius 2 is 1.97 bits per heavy atom. The lowest BCUT2D eigenvalue weighted by molar-refractivity contribution is -0.119. The van der Waals surface area contributed by atoms with E-state index in [1.807, 2.05) is 36.4 Å². The molecule has 4 N–H and O–H groups in total. The highest BCUT2D eigenvalue weighted by atomic mass is 127. The van der Waals surface area contributed by atoms with Crippen molar-refractivity contribution in [1.29, 1.82) is 0 Å². The van der Waals surface area contributed by atoms with E-state index in [-0.39, 0.29) is 36.0 Å². The number of primary amides is 1. The van der Waals surface area contributed by atoms with Gasteiger partial charge in [0.1, 0.15) is 5.75 Å². The molecule has 2 aromatic carbocycles. The van der Waals surface area contributed by atoms with Crippen molar-refractivity contribution >= 4 is 47.4 Å². The summed E-state index contributed by atoms with van der Waals surface area (Å²) < 4.78 is 5.34. The van der Waals surface area contributed by atoms with E-state index in [1.54, 1.807) is 13.1 Å². The fourth-order valence-corrected chi connectivity index (χ4v) is 3.29. The van der Waals surface area contributed by atoms with E-state index in [1.165, 1.54) is 5.56 Å². The van der Waals surface area contributed by atoms with E-state index in [2.05, 4.69) is 21.7 Å². The Hall–Kier alpha value is -2.00. The topological polar surface area (TPSA) is 88.7 Å². The first-order valence-electron chi connectivity index (χ1n) is 9.21. The molecule has 1 aliphatic rings. The maximum Gasteiger partial charge on any atom is 0.255 e. The van der Waals surface area contributed by atoms with Gasteiger partial charge >= 0.3 is 0 Å². The van der Waals surface area contributed by atoms with Gasteiger partial charge < -0.3 is 21.1 Å². The monoisotopic (exact) mass is 528 g/mol. The number of hydrogen-bond donors (Lipinski definition) is 3. The molecule has 0 aromatic heterocycles. The first kappa shape index (κ1) is 23.3. The van der Waals surface area contributed by atoms with Gasteiger partial charge in [-0.1, -0.05) is 35.9 Å². The quantitative estimate of drug-likeness (QED) is 0.279. The molecule has 1 aliphatic carbocycles. The SMILES string of the molecule is CN=C(NCc1cccc(OCC(N)=O)c1)NCC1(c2cccc(Cl)c2)CC1.I. The minimum absolute atomic E-state index is 0. The zero-order chi connectivity index (χ0) is 20.0. The molecule has 2 aromatic rings. The fraction of sp³-hybridized carbons (Fsp3) is 0.333. The second kappa shape index (κ2) is 10.7. The maximum absolute atomic E-state index is 10.8. The molecule has 0 spiro atoms. The van der Waals surface area contributed by atoms with Crippen molar-refractivity contribution in [2.75, 3.05) is 20.2 Å². The average molecular weight is 529 g/mol. The molecule has 0 unspecified atom stereocenters. The van der Waals surface area contributed by atoms with Crippen molar-refractivity contribution in [3.8, 4) is 5.75 Å². The van der Waals surface area contributed by atoms with Crippen LogP contribution >= 0.6 is 35.6 Å². The van der Waals surface area contributed by atoms with Crippen LogP contribution in [-0.4, -0.2) is 32.1 Å². The summed E-state index contributed by atoms with van der Waals surface area (Å²) in [6, 6.07) is 15.6. The zero-order valence-electron chi connectivity index (χ0n) is 16.3. The van der Waals surface area contributed by atoms with Gasteiger partial charge in [-0.2, -0.15) is 0 Å². The summed E-state index contributed by atoms with van der Waals surface area (Å²) in [4.78, 5) is 15.1. The Labute approximate surface area is 193 Å². The Morgan fingerprint density at radius 3 is 2.62 bits per heavy atom. The predicted molar refractivity (Wildman–Crippen MR) is 127 cm³/mol. The number of carbonyl (C=O) groups excluding carboxylic acids is 1. The lowest BCUT2D eigenvalue weighted by Gasteiger charge is -2.19.